The third kappa shape index (κ3) is 5.47. The number of rotatable bonds is 10. The first kappa shape index (κ1) is 21.1. The summed E-state index contributed by atoms with van der Waals surface area (Å²) in [5.74, 6) is 1.71. The fourth-order valence-electron chi connectivity index (χ4n) is 2.82. The molecular weight excluding hydrogens is 384 g/mol. The van der Waals surface area contributed by atoms with Crippen LogP contribution in [0.1, 0.15) is 42.6 Å². The van der Waals surface area contributed by atoms with Crippen LogP contribution >= 0.6 is 11.8 Å². The Morgan fingerprint density at radius 1 is 1.10 bits per heavy atom. The number of thioether (sulfide) groups is 1. The van der Waals surface area contributed by atoms with Crippen molar-refractivity contribution in [2.75, 3.05) is 24.2 Å². The lowest BCUT2D eigenvalue weighted by molar-refractivity contribution is 0.0952. The van der Waals surface area contributed by atoms with Crippen molar-refractivity contribution in [1.29, 1.82) is 0 Å². The summed E-state index contributed by atoms with van der Waals surface area (Å²) in [7, 11) is 0. The zero-order chi connectivity index (χ0) is 20.6. The molecule has 0 saturated carbocycles. The summed E-state index contributed by atoms with van der Waals surface area (Å²) >= 11 is 1.65. The second-order valence-electron chi connectivity index (χ2n) is 6.86. The third-order valence-corrected chi connectivity index (χ3v) is 5.43. The highest BCUT2D eigenvalue weighted by molar-refractivity contribution is 7.99. The largest absolute Gasteiger partial charge is 0.369 e. The zero-order valence-corrected chi connectivity index (χ0v) is 18.1. The molecule has 3 rings (SSSR count). The predicted molar refractivity (Wildman–Crippen MR) is 119 cm³/mol. The number of aromatic nitrogens is 4. The summed E-state index contributed by atoms with van der Waals surface area (Å²) in [6, 6.07) is 7.55. The Balaban J connectivity index is 1.72. The molecule has 0 unspecified atom stereocenters. The normalized spacial score (nSPS) is 11.0. The van der Waals surface area contributed by atoms with Crippen LogP contribution in [0.2, 0.25) is 0 Å². The molecule has 8 heteroatoms. The summed E-state index contributed by atoms with van der Waals surface area (Å²) < 4.78 is 1.83. The van der Waals surface area contributed by atoms with E-state index >= 15 is 0 Å². The average molecular weight is 413 g/mol. The van der Waals surface area contributed by atoms with E-state index in [1.54, 1.807) is 18.0 Å². The molecule has 7 nitrogen and oxygen atoms in total. The van der Waals surface area contributed by atoms with Gasteiger partial charge in [-0.3, -0.25) is 4.79 Å². The molecule has 0 radical (unpaired) electrons. The van der Waals surface area contributed by atoms with Gasteiger partial charge in [0.05, 0.1) is 18.1 Å². The molecule has 2 aromatic heterocycles. The van der Waals surface area contributed by atoms with E-state index in [1.807, 2.05) is 35.9 Å². The van der Waals surface area contributed by atoms with Crippen LogP contribution in [-0.2, 0) is 6.54 Å². The molecule has 1 aromatic carbocycles. The number of anilines is 1. The molecule has 0 fully saturated rings. The van der Waals surface area contributed by atoms with Crippen LogP contribution in [0.25, 0.3) is 11.0 Å². The highest BCUT2D eigenvalue weighted by Crippen LogP contribution is 2.24. The van der Waals surface area contributed by atoms with Crippen molar-refractivity contribution in [3.8, 4) is 0 Å². The number of hydrogen-bond acceptors (Lipinski definition) is 6. The van der Waals surface area contributed by atoms with Gasteiger partial charge in [-0.25, -0.2) is 14.6 Å². The van der Waals surface area contributed by atoms with Gasteiger partial charge in [0.1, 0.15) is 5.82 Å². The van der Waals surface area contributed by atoms with E-state index in [1.165, 1.54) is 0 Å². The summed E-state index contributed by atoms with van der Waals surface area (Å²) in [6.45, 7) is 8.14. The summed E-state index contributed by atoms with van der Waals surface area (Å²) in [5, 5.41) is 12.5. The maximum atomic E-state index is 12.3. The molecule has 0 aliphatic carbocycles. The van der Waals surface area contributed by atoms with Crippen LogP contribution in [0.4, 0.5) is 5.82 Å². The molecule has 2 heterocycles. The number of hydrogen-bond donors (Lipinski definition) is 2. The minimum Gasteiger partial charge on any atom is -0.369 e. The lowest BCUT2D eigenvalue weighted by Crippen LogP contribution is -2.27. The van der Waals surface area contributed by atoms with Gasteiger partial charge in [0.25, 0.3) is 5.91 Å². The third-order valence-electron chi connectivity index (χ3n) is 4.38. The van der Waals surface area contributed by atoms with Crippen molar-refractivity contribution in [3.05, 3.63) is 41.6 Å². The number of amides is 1. The maximum Gasteiger partial charge on any atom is 0.251 e. The van der Waals surface area contributed by atoms with Crippen molar-refractivity contribution < 1.29 is 4.79 Å². The Labute approximate surface area is 175 Å². The first-order chi connectivity index (χ1) is 14.1. The van der Waals surface area contributed by atoms with Gasteiger partial charge in [-0.15, -0.1) is 0 Å². The van der Waals surface area contributed by atoms with Gasteiger partial charge in [0, 0.05) is 24.4 Å². The highest BCUT2D eigenvalue weighted by Gasteiger charge is 2.13. The van der Waals surface area contributed by atoms with Crippen LogP contribution in [0.3, 0.4) is 0 Å². The van der Waals surface area contributed by atoms with Crippen LogP contribution < -0.4 is 10.6 Å². The zero-order valence-electron chi connectivity index (χ0n) is 17.2. The van der Waals surface area contributed by atoms with Crippen molar-refractivity contribution >= 4 is 34.5 Å². The van der Waals surface area contributed by atoms with Crippen LogP contribution in [0.15, 0.2) is 35.6 Å². The predicted octanol–water partition coefficient (Wildman–Crippen LogP) is 3.89. The van der Waals surface area contributed by atoms with E-state index in [0.29, 0.717) is 18.7 Å². The average Bonchev–Trinajstić information content (AvgIpc) is 3.14. The van der Waals surface area contributed by atoms with E-state index in [4.69, 9.17) is 4.98 Å². The van der Waals surface area contributed by atoms with E-state index in [2.05, 4.69) is 34.6 Å². The maximum absolute atomic E-state index is 12.3. The lowest BCUT2D eigenvalue weighted by atomic mass is 10.1. The number of carbonyl (C=O) groups is 1. The first-order valence-corrected chi connectivity index (χ1v) is 11.1. The molecule has 0 aliphatic rings. The quantitative estimate of drug-likeness (QED) is 0.388. The fourth-order valence-corrected chi connectivity index (χ4v) is 3.51. The van der Waals surface area contributed by atoms with Crippen molar-refractivity contribution in [2.24, 2.45) is 0 Å². The second kappa shape index (κ2) is 10.2. The van der Waals surface area contributed by atoms with Gasteiger partial charge in [-0.1, -0.05) is 43.3 Å². The molecule has 0 aliphatic heterocycles. The Bertz CT molecular complexity index is 954. The van der Waals surface area contributed by atoms with Crippen LogP contribution in [-0.4, -0.2) is 44.5 Å². The monoisotopic (exact) mass is 412 g/mol. The van der Waals surface area contributed by atoms with Crippen LogP contribution in [0.5, 0.6) is 0 Å². The summed E-state index contributed by atoms with van der Waals surface area (Å²) in [5.41, 5.74) is 2.59. The van der Waals surface area contributed by atoms with Gasteiger partial charge >= 0.3 is 0 Å². The molecule has 29 heavy (non-hydrogen) atoms. The molecular formula is C21H28N6OS. The van der Waals surface area contributed by atoms with Gasteiger partial charge in [-0.05, 0) is 31.9 Å². The second-order valence-corrected chi connectivity index (χ2v) is 7.92. The smallest absolute Gasteiger partial charge is 0.251 e. The van der Waals surface area contributed by atoms with Gasteiger partial charge in [-0.2, -0.15) is 5.10 Å². The first-order valence-electron chi connectivity index (χ1n) is 10.1. The number of nitrogens with one attached hydrogen (secondary N) is 2. The Hall–Kier alpha value is -2.61. The Kier molecular flexibility index (Phi) is 7.46. The molecule has 0 atom stereocenters. The van der Waals surface area contributed by atoms with Crippen molar-refractivity contribution in [1.82, 2.24) is 25.1 Å². The number of fused-ring (bicyclic) bond motifs is 1. The molecule has 0 bridgehead atoms. The minimum absolute atomic E-state index is 0.0828. The van der Waals surface area contributed by atoms with E-state index in [-0.39, 0.29) is 5.91 Å². The molecule has 1 amide bonds. The lowest BCUT2D eigenvalue weighted by Gasteiger charge is -2.09. The van der Waals surface area contributed by atoms with E-state index in [0.717, 1.165) is 52.7 Å². The molecule has 2 N–H and O–H groups in total. The molecule has 0 spiro atoms. The van der Waals surface area contributed by atoms with Gasteiger partial charge in [0.2, 0.25) is 0 Å². The van der Waals surface area contributed by atoms with Crippen molar-refractivity contribution in [3.63, 3.8) is 0 Å². The number of nitrogens with zero attached hydrogens (tertiary/aromatic N) is 4. The Morgan fingerprint density at radius 2 is 1.90 bits per heavy atom. The Morgan fingerprint density at radius 3 is 2.62 bits per heavy atom. The SMILES string of the molecule is CCCNc1nc(SCCC)nc2c1cnn2CCNC(=O)c1ccc(C)cc1. The van der Waals surface area contributed by atoms with Gasteiger partial charge in [0.15, 0.2) is 10.8 Å². The van der Waals surface area contributed by atoms with E-state index in [9.17, 15) is 4.79 Å². The summed E-state index contributed by atoms with van der Waals surface area (Å²) in [4.78, 5) is 21.7. The standard InChI is InChI=1S/C21H28N6OS/c1-4-10-22-18-17-14-24-27(19(17)26-21(25-18)29-13-5-2)12-11-23-20(28)16-8-6-15(3)7-9-16/h6-9,14H,4-5,10-13H2,1-3H3,(H,23,28)(H,22,25,26). The summed E-state index contributed by atoms with van der Waals surface area (Å²) in [6.07, 6.45) is 3.87. The van der Waals surface area contributed by atoms with Crippen LogP contribution in [0, 0.1) is 6.92 Å². The van der Waals surface area contributed by atoms with Crippen molar-refractivity contribution in [2.45, 2.75) is 45.3 Å². The topological polar surface area (TPSA) is 84.7 Å². The minimum atomic E-state index is -0.0828. The molecule has 154 valence electrons. The fraction of sp³-hybridized carbons (Fsp3) is 0.429. The molecule has 0 saturated heterocycles. The number of aryl methyl sites for hydroxylation is 1. The number of carbonyl (C=O) groups excluding carboxylic acids is 1. The van der Waals surface area contributed by atoms with E-state index < -0.39 is 0 Å². The number of benzene rings is 1. The van der Waals surface area contributed by atoms with Gasteiger partial charge < -0.3 is 10.6 Å². The highest BCUT2D eigenvalue weighted by atomic mass is 32.2. The molecule has 3 aromatic rings.